The first-order chi connectivity index (χ1) is 38.2. The van der Waals surface area contributed by atoms with E-state index >= 15 is 9.59 Å². The average Bonchev–Trinajstić information content (AvgIpc) is 4.08. The van der Waals surface area contributed by atoms with Gasteiger partial charge in [0.2, 0.25) is 65.0 Å². The Morgan fingerprint density at radius 2 is 0.759 bits per heavy atom. The summed E-state index contributed by atoms with van der Waals surface area (Å²) in [6.45, 7) is 30.1. The summed E-state index contributed by atoms with van der Waals surface area (Å²) in [5.41, 5.74) is 0. The van der Waals surface area contributed by atoms with Crippen molar-refractivity contribution in [1.29, 1.82) is 0 Å². The molecular weight excluding hydrogens is 1070 g/mol. The summed E-state index contributed by atoms with van der Waals surface area (Å²) in [6.07, 6.45) is 0.454. The molecular formula is C60H107N11O12. The maximum absolute atomic E-state index is 15.1. The van der Waals surface area contributed by atoms with Gasteiger partial charge in [0.15, 0.2) is 0 Å². The topological polar surface area (TPSA) is 268 Å². The summed E-state index contributed by atoms with van der Waals surface area (Å²) >= 11 is 0. The average molecular weight is 1170 g/mol. The third kappa shape index (κ3) is 19.1. The minimum atomic E-state index is -1.29. The molecule has 0 aromatic carbocycles. The predicted octanol–water partition coefficient (Wildman–Crippen LogP) is 2.73. The molecule has 13 atom stereocenters. The van der Waals surface area contributed by atoms with E-state index in [2.05, 4.69) is 21.3 Å². The van der Waals surface area contributed by atoms with Crippen molar-refractivity contribution in [2.75, 3.05) is 55.9 Å². The lowest BCUT2D eigenvalue weighted by atomic mass is 9.93. The molecule has 2 aliphatic rings. The van der Waals surface area contributed by atoms with E-state index < -0.39 is 149 Å². The quantitative estimate of drug-likeness (QED) is 0.233. The molecule has 0 aromatic rings. The number of hydrogen-bond donors (Lipinski definition) is 4. The van der Waals surface area contributed by atoms with Crippen LogP contribution in [0.2, 0.25) is 0 Å². The van der Waals surface area contributed by atoms with Crippen LogP contribution in [0.25, 0.3) is 0 Å². The molecule has 0 bridgehead atoms. The van der Waals surface area contributed by atoms with E-state index in [9.17, 15) is 43.2 Å². The molecule has 23 heteroatoms. The van der Waals surface area contributed by atoms with Crippen LogP contribution in [0.4, 0.5) is 0 Å². The number of ether oxygens (including phenoxy) is 1. The second-order valence-corrected chi connectivity index (χ2v) is 26.1. The lowest BCUT2D eigenvalue weighted by Crippen LogP contribution is -2.63. The van der Waals surface area contributed by atoms with Crippen molar-refractivity contribution in [2.24, 2.45) is 41.4 Å². The van der Waals surface area contributed by atoms with Gasteiger partial charge >= 0.3 is 0 Å². The van der Waals surface area contributed by atoms with Crippen LogP contribution < -0.4 is 21.3 Å². The highest BCUT2D eigenvalue weighted by Gasteiger charge is 2.47. The third-order valence-electron chi connectivity index (χ3n) is 16.4. The van der Waals surface area contributed by atoms with Gasteiger partial charge in [-0.15, -0.1) is 0 Å². The van der Waals surface area contributed by atoms with Gasteiger partial charge in [-0.05, 0) is 101 Å². The predicted molar refractivity (Wildman–Crippen MR) is 317 cm³/mol. The van der Waals surface area contributed by atoms with Gasteiger partial charge in [0.25, 0.3) is 0 Å². The first-order valence-corrected chi connectivity index (χ1v) is 29.9. The summed E-state index contributed by atoms with van der Waals surface area (Å²) < 4.78 is 6.14. The molecule has 23 nitrogen and oxygen atoms in total. The first kappa shape index (κ1) is 73.2. The number of rotatable bonds is 11. The van der Waals surface area contributed by atoms with Crippen molar-refractivity contribution in [3.8, 4) is 0 Å². The summed E-state index contributed by atoms with van der Waals surface area (Å²) in [6, 6.07) is -12.9. The summed E-state index contributed by atoms with van der Waals surface area (Å²) in [4.78, 5) is 169. The molecule has 0 radical (unpaired) electrons. The van der Waals surface area contributed by atoms with Crippen LogP contribution in [0.3, 0.4) is 0 Å². The smallest absolute Gasteiger partial charge is 0.246 e. The van der Waals surface area contributed by atoms with Crippen LogP contribution in [-0.2, 0) is 57.5 Å². The molecule has 2 fully saturated rings. The van der Waals surface area contributed by atoms with Crippen molar-refractivity contribution in [3.63, 3.8) is 0 Å². The van der Waals surface area contributed by atoms with Crippen molar-refractivity contribution in [3.05, 3.63) is 0 Å². The van der Waals surface area contributed by atoms with Crippen LogP contribution in [-0.4, -0.2) is 228 Å². The molecule has 0 aliphatic carbocycles. The first-order valence-electron chi connectivity index (χ1n) is 29.9. The Labute approximate surface area is 496 Å². The van der Waals surface area contributed by atoms with Crippen molar-refractivity contribution >= 4 is 65.0 Å². The van der Waals surface area contributed by atoms with Gasteiger partial charge < -0.3 is 60.3 Å². The number of likely N-dealkylation sites (N-methyl/N-ethyl adjacent to an activating group) is 7. The molecule has 11 amide bonds. The second-order valence-electron chi connectivity index (χ2n) is 26.1. The molecule has 4 N–H and O–H groups in total. The molecule has 2 rings (SSSR count). The van der Waals surface area contributed by atoms with Crippen LogP contribution in [0.5, 0.6) is 0 Å². The fraction of sp³-hybridized carbons (Fsp3) is 0.817. The van der Waals surface area contributed by atoms with E-state index in [1.807, 2.05) is 62.3 Å². The van der Waals surface area contributed by atoms with Crippen LogP contribution in [0, 0.1) is 41.4 Å². The number of carbonyl (C=O) groups excluding carboxylic acids is 11. The maximum Gasteiger partial charge on any atom is 0.246 e. The molecule has 2 saturated heterocycles. The molecule has 0 aromatic heterocycles. The van der Waals surface area contributed by atoms with Gasteiger partial charge in [-0.2, -0.15) is 0 Å². The summed E-state index contributed by atoms with van der Waals surface area (Å²) in [5.74, 6) is -8.71. The monoisotopic (exact) mass is 1170 g/mol. The van der Waals surface area contributed by atoms with Gasteiger partial charge in [0, 0.05) is 55.9 Å². The molecule has 0 saturated carbocycles. The number of carbonyl (C=O) groups is 11. The Bertz CT molecular complexity index is 2290. The molecule has 2 heterocycles. The number of nitrogens with one attached hydrogen (secondary N) is 4. The van der Waals surface area contributed by atoms with E-state index in [1.54, 1.807) is 27.7 Å². The minimum Gasteiger partial charge on any atom is -0.375 e. The van der Waals surface area contributed by atoms with Crippen molar-refractivity contribution in [2.45, 2.75) is 222 Å². The van der Waals surface area contributed by atoms with E-state index in [0.717, 1.165) is 0 Å². The number of hydrogen-bond acceptors (Lipinski definition) is 12. The normalized spacial score (nSPS) is 30.0. The van der Waals surface area contributed by atoms with Gasteiger partial charge in [-0.3, -0.25) is 52.7 Å². The number of amides is 11. The van der Waals surface area contributed by atoms with Gasteiger partial charge in [-0.1, -0.05) is 90.0 Å². The zero-order chi connectivity index (χ0) is 64.1. The second kappa shape index (κ2) is 31.9. The van der Waals surface area contributed by atoms with E-state index in [4.69, 9.17) is 4.74 Å². The number of nitrogens with zero attached hydrogens (tertiary/aromatic N) is 7. The lowest BCUT2D eigenvalue weighted by molar-refractivity contribution is -0.157. The van der Waals surface area contributed by atoms with Crippen LogP contribution in [0.1, 0.15) is 150 Å². The van der Waals surface area contributed by atoms with Gasteiger partial charge in [0.05, 0.1) is 6.10 Å². The zero-order valence-corrected chi connectivity index (χ0v) is 54.7. The highest BCUT2D eigenvalue weighted by Crippen LogP contribution is 2.29. The maximum atomic E-state index is 15.1. The highest BCUT2D eigenvalue weighted by atomic mass is 16.5. The molecule has 2 aliphatic heterocycles. The van der Waals surface area contributed by atoms with Crippen molar-refractivity contribution in [1.82, 2.24) is 55.6 Å². The fourth-order valence-electron chi connectivity index (χ4n) is 11.0. The molecule has 474 valence electrons. The Balaban J connectivity index is 2.92. The Morgan fingerprint density at radius 1 is 0.386 bits per heavy atom. The fourth-order valence-corrected chi connectivity index (χ4v) is 11.0. The van der Waals surface area contributed by atoms with E-state index in [0.29, 0.717) is 13.0 Å². The Morgan fingerprint density at radius 3 is 1.18 bits per heavy atom. The highest BCUT2D eigenvalue weighted by molar-refractivity contribution is 6.00. The summed E-state index contributed by atoms with van der Waals surface area (Å²) in [5, 5.41) is 11.0. The van der Waals surface area contributed by atoms with Crippen LogP contribution >= 0.6 is 0 Å². The van der Waals surface area contributed by atoms with Crippen LogP contribution in [0.15, 0.2) is 0 Å². The van der Waals surface area contributed by atoms with Gasteiger partial charge in [-0.25, -0.2) is 0 Å². The van der Waals surface area contributed by atoms with Crippen molar-refractivity contribution < 1.29 is 57.5 Å². The minimum absolute atomic E-state index is 0.122. The molecule has 0 unspecified atom stereocenters. The lowest BCUT2D eigenvalue weighted by Gasteiger charge is -2.41. The molecule has 0 spiro atoms. The largest absolute Gasteiger partial charge is 0.375 e. The van der Waals surface area contributed by atoms with Gasteiger partial charge in [0.1, 0.15) is 66.5 Å². The van der Waals surface area contributed by atoms with E-state index in [1.165, 1.54) is 111 Å². The third-order valence-corrected chi connectivity index (χ3v) is 16.4. The Hall–Kier alpha value is -5.87. The summed E-state index contributed by atoms with van der Waals surface area (Å²) in [7, 11) is 10.2. The SMILES string of the molecule is CC(C)C[C@H]1C(=O)N[C@@H](C)C(=O)N[C@H](C)C(=O)N(C)[C@@H](CC(C)C)C(=O)N(C)[C@@H](CC(C)C)C(=O)N(C)[C@@H](C(C)C)C(=O)N(C)[C@@H]([C@@H]2OCC[C@H]2C)C(=O)N[C@@H](C)C(=O)N(C)[C@H](C)C(=O)N(C)[C@@H](CC(C)C)C(=O)N[C@@H](C(C)C)C(=O)N1C. The Kier molecular flexibility index (Phi) is 28.1. The molecule has 83 heavy (non-hydrogen) atoms. The zero-order valence-electron chi connectivity index (χ0n) is 54.7. The van der Waals surface area contributed by atoms with E-state index in [-0.39, 0.29) is 55.3 Å². The standard InChI is InChI=1S/C60H107N11O12/c1-31(2)27-42-51(73)61-38(14)50(72)62-40(16)55(77)68(21)44(29-33(5)6)57(79)69(22)45(30-34(7)8)58(80)70(23)47(36(11)12)60(82)71(24)48(49-37(13)25-26-83-49)53(75)63-39(15)54(76)65(18)41(17)56(78)66(19)43(28-32(3)4)52(74)64-46(35(9)10)59(81)67(42)20/h31-49H,25-30H2,1-24H3,(H,61,73)(H,62,72)(H,63,75)(H,64,74)/t37-,38+,39+,40-,41-,42+,43+,44+,45+,46+,47+,48+,49-/m1/s1.